The van der Waals surface area contributed by atoms with E-state index < -0.39 is 11.0 Å². The van der Waals surface area contributed by atoms with Gasteiger partial charge in [0.1, 0.15) is 5.02 Å². The molecule has 0 saturated carbocycles. The van der Waals surface area contributed by atoms with Gasteiger partial charge in [0.25, 0.3) is 5.69 Å². The van der Waals surface area contributed by atoms with Crippen molar-refractivity contribution in [3.8, 4) is 0 Å². The van der Waals surface area contributed by atoms with Crippen molar-refractivity contribution >= 4 is 17.3 Å². The number of aliphatic hydroxyl groups excluding tert-OH is 1. The average Bonchev–Trinajstić information content (AvgIpc) is 2.17. The van der Waals surface area contributed by atoms with E-state index in [0.29, 0.717) is 18.5 Å². The van der Waals surface area contributed by atoms with Crippen LogP contribution in [-0.4, -0.2) is 16.6 Å². The molecule has 0 aromatic heterocycles. The minimum atomic E-state index is -0.728. The summed E-state index contributed by atoms with van der Waals surface area (Å²) >= 11 is 5.68. The Bertz CT molecular complexity index is 370. The maximum Gasteiger partial charge on any atom is 0.287 e. The largest absolute Gasteiger partial charge is 0.388 e. The molecule has 1 rings (SSSR count). The lowest BCUT2D eigenvalue weighted by atomic mass is 10.1. The van der Waals surface area contributed by atoms with Gasteiger partial charge < -0.3 is 10.8 Å². The molecule has 0 aliphatic rings. The van der Waals surface area contributed by atoms with Gasteiger partial charge in [-0.3, -0.25) is 10.1 Å². The summed E-state index contributed by atoms with van der Waals surface area (Å²) in [7, 11) is 0. The summed E-state index contributed by atoms with van der Waals surface area (Å²) in [5, 5.41) is 20.1. The molecule has 0 saturated heterocycles. The van der Waals surface area contributed by atoms with Crippen LogP contribution >= 0.6 is 11.6 Å². The van der Waals surface area contributed by atoms with E-state index in [9.17, 15) is 15.2 Å². The van der Waals surface area contributed by atoms with Gasteiger partial charge in [-0.1, -0.05) is 11.6 Å². The predicted molar refractivity (Wildman–Crippen MR) is 56.7 cm³/mol. The molecule has 0 aliphatic carbocycles. The molecule has 15 heavy (non-hydrogen) atoms. The third kappa shape index (κ3) is 2.89. The van der Waals surface area contributed by atoms with Gasteiger partial charge >= 0.3 is 0 Å². The Morgan fingerprint density at radius 2 is 2.27 bits per heavy atom. The standard InChI is InChI=1S/C9H11ClN2O3/c10-7-5-6(9(13)3-4-11)1-2-8(7)12(14)15/h1-2,5,9,13H,3-4,11H2/t9-/m1/s1. The van der Waals surface area contributed by atoms with Crippen LogP contribution in [0, 0.1) is 10.1 Å². The van der Waals surface area contributed by atoms with Crippen molar-refractivity contribution in [1.29, 1.82) is 0 Å². The molecular formula is C9H11ClN2O3. The van der Waals surface area contributed by atoms with Gasteiger partial charge in [-0.05, 0) is 30.7 Å². The van der Waals surface area contributed by atoms with E-state index in [0.717, 1.165) is 0 Å². The summed E-state index contributed by atoms with van der Waals surface area (Å²) in [4.78, 5) is 9.90. The minimum absolute atomic E-state index is 0.0218. The van der Waals surface area contributed by atoms with Gasteiger partial charge in [-0.25, -0.2) is 0 Å². The summed E-state index contributed by atoms with van der Waals surface area (Å²) in [5.74, 6) is 0. The van der Waals surface area contributed by atoms with Gasteiger partial charge in [0.05, 0.1) is 11.0 Å². The molecule has 1 aromatic carbocycles. The molecule has 5 nitrogen and oxygen atoms in total. The Hall–Kier alpha value is -1.17. The van der Waals surface area contributed by atoms with Crippen LogP contribution in [0.1, 0.15) is 18.1 Å². The molecule has 0 bridgehead atoms. The first-order valence-corrected chi connectivity index (χ1v) is 4.76. The molecule has 0 fully saturated rings. The predicted octanol–water partition coefficient (Wildman–Crippen LogP) is 1.63. The van der Waals surface area contributed by atoms with Crippen LogP contribution in [0.4, 0.5) is 5.69 Å². The van der Waals surface area contributed by atoms with Gasteiger partial charge in [0, 0.05) is 6.07 Å². The maximum absolute atomic E-state index is 10.5. The fourth-order valence-electron chi connectivity index (χ4n) is 1.20. The lowest BCUT2D eigenvalue weighted by molar-refractivity contribution is -0.384. The SMILES string of the molecule is NCC[C@@H](O)c1ccc([N+](=O)[O-])c(Cl)c1. The fraction of sp³-hybridized carbons (Fsp3) is 0.333. The second-order valence-electron chi connectivity index (χ2n) is 3.06. The van der Waals surface area contributed by atoms with Crippen LogP contribution in [-0.2, 0) is 0 Å². The van der Waals surface area contributed by atoms with E-state index in [2.05, 4.69) is 0 Å². The van der Waals surface area contributed by atoms with E-state index in [1.165, 1.54) is 18.2 Å². The van der Waals surface area contributed by atoms with Crippen LogP contribution in [0.2, 0.25) is 5.02 Å². The first-order valence-electron chi connectivity index (χ1n) is 4.38. The molecule has 82 valence electrons. The Morgan fingerprint density at radius 1 is 1.60 bits per heavy atom. The minimum Gasteiger partial charge on any atom is -0.388 e. The second-order valence-corrected chi connectivity index (χ2v) is 3.47. The number of nitro benzene ring substituents is 1. The van der Waals surface area contributed by atoms with Crippen molar-refractivity contribution < 1.29 is 10.0 Å². The molecular weight excluding hydrogens is 220 g/mol. The Labute approximate surface area is 91.6 Å². The van der Waals surface area contributed by atoms with E-state index in [1.54, 1.807) is 0 Å². The van der Waals surface area contributed by atoms with Crippen molar-refractivity contribution in [1.82, 2.24) is 0 Å². The molecule has 3 N–H and O–H groups in total. The molecule has 6 heteroatoms. The summed E-state index contributed by atoms with van der Waals surface area (Å²) in [6.45, 7) is 0.343. The van der Waals surface area contributed by atoms with Crippen molar-refractivity contribution in [2.75, 3.05) is 6.54 Å². The molecule has 0 radical (unpaired) electrons. The molecule has 1 aromatic rings. The average molecular weight is 231 g/mol. The summed E-state index contributed by atoms with van der Waals surface area (Å²) in [6, 6.07) is 4.14. The van der Waals surface area contributed by atoms with Crippen LogP contribution < -0.4 is 5.73 Å². The first kappa shape index (κ1) is 11.9. The molecule has 0 amide bonds. The van der Waals surface area contributed by atoms with Gasteiger partial charge in [-0.15, -0.1) is 0 Å². The molecule has 0 spiro atoms. The van der Waals surface area contributed by atoms with E-state index in [-0.39, 0.29) is 10.7 Å². The third-order valence-corrected chi connectivity index (χ3v) is 2.30. The Balaban J connectivity index is 2.96. The highest BCUT2D eigenvalue weighted by atomic mass is 35.5. The third-order valence-electron chi connectivity index (χ3n) is 1.99. The highest BCUT2D eigenvalue weighted by Gasteiger charge is 2.15. The highest BCUT2D eigenvalue weighted by molar-refractivity contribution is 6.32. The fourth-order valence-corrected chi connectivity index (χ4v) is 1.46. The zero-order valence-electron chi connectivity index (χ0n) is 7.89. The lowest BCUT2D eigenvalue weighted by Crippen LogP contribution is -2.06. The number of halogens is 1. The number of aliphatic hydroxyl groups is 1. The van der Waals surface area contributed by atoms with Gasteiger partial charge in [-0.2, -0.15) is 0 Å². The number of nitrogens with zero attached hydrogens (tertiary/aromatic N) is 1. The van der Waals surface area contributed by atoms with E-state index >= 15 is 0 Å². The maximum atomic E-state index is 10.5. The quantitative estimate of drug-likeness (QED) is 0.608. The number of hydrogen-bond acceptors (Lipinski definition) is 4. The first-order chi connectivity index (χ1) is 7.06. The van der Waals surface area contributed by atoms with Gasteiger partial charge in [0.15, 0.2) is 0 Å². The zero-order valence-corrected chi connectivity index (χ0v) is 8.65. The topological polar surface area (TPSA) is 89.4 Å². The number of hydrogen-bond donors (Lipinski definition) is 2. The zero-order chi connectivity index (χ0) is 11.4. The second kappa shape index (κ2) is 5.06. The van der Waals surface area contributed by atoms with Crippen molar-refractivity contribution in [2.45, 2.75) is 12.5 Å². The van der Waals surface area contributed by atoms with Crippen molar-refractivity contribution in [2.24, 2.45) is 5.73 Å². The molecule has 0 aliphatic heterocycles. The molecule has 0 heterocycles. The lowest BCUT2D eigenvalue weighted by Gasteiger charge is -2.09. The summed E-state index contributed by atoms with van der Waals surface area (Å²) in [5.41, 5.74) is 5.65. The number of rotatable bonds is 4. The normalized spacial score (nSPS) is 12.5. The van der Waals surface area contributed by atoms with Crippen molar-refractivity contribution in [3.05, 3.63) is 38.9 Å². The molecule has 0 unspecified atom stereocenters. The van der Waals surface area contributed by atoms with E-state index in [4.69, 9.17) is 17.3 Å². The monoisotopic (exact) mass is 230 g/mol. The summed E-state index contributed by atoms with van der Waals surface area (Å²) < 4.78 is 0. The number of nitro groups is 1. The highest BCUT2D eigenvalue weighted by Crippen LogP contribution is 2.28. The van der Waals surface area contributed by atoms with E-state index in [1.807, 2.05) is 0 Å². The van der Waals surface area contributed by atoms with Crippen molar-refractivity contribution in [3.63, 3.8) is 0 Å². The number of benzene rings is 1. The number of nitrogens with two attached hydrogens (primary N) is 1. The van der Waals surface area contributed by atoms with Crippen LogP contribution in [0.3, 0.4) is 0 Å². The Morgan fingerprint density at radius 3 is 2.73 bits per heavy atom. The Kier molecular flexibility index (Phi) is 4.02. The van der Waals surface area contributed by atoms with Gasteiger partial charge in [0.2, 0.25) is 0 Å². The molecule has 1 atom stereocenters. The smallest absolute Gasteiger partial charge is 0.287 e. The van der Waals surface area contributed by atoms with Crippen LogP contribution in [0.15, 0.2) is 18.2 Å². The van der Waals surface area contributed by atoms with Crippen LogP contribution in [0.25, 0.3) is 0 Å². The van der Waals surface area contributed by atoms with Crippen LogP contribution in [0.5, 0.6) is 0 Å². The summed E-state index contributed by atoms with van der Waals surface area (Å²) in [6.07, 6.45) is -0.331.